The summed E-state index contributed by atoms with van der Waals surface area (Å²) in [6.07, 6.45) is 2.22. The standard InChI is InChI=1S/C14H18BrNO4S/c1-21(18,19)16-8-6-11(7-9-16)14(17)20-10-12-4-2-3-5-13(12)15/h2-5,11H,6-10H2,1H3. The maximum atomic E-state index is 12.0. The second kappa shape index (κ2) is 6.89. The molecule has 1 aromatic carbocycles. The maximum Gasteiger partial charge on any atom is 0.309 e. The van der Waals surface area contributed by atoms with Crippen molar-refractivity contribution in [1.82, 2.24) is 4.31 Å². The molecule has 1 aliphatic heterocycles. The Kier molecular flexibility index (Phi) is 5.40. The average Bonchev–Trinajstić information content (AvgIpc) is 2.45. The zero-order chi connectivity index (χ0) is 15.5. The third-order valence-electron chi connectivity index (χ3n) is 3.58. The second-order valence-electron chi connectivity index (χ2n) is 5.14. The Hall–Kier alpha value is -0.920. The number of rotatable bonds is 4. The van der Waals surface area contributed by atoms with Crippen molar-refractivity contribution in [3.8, 4) is 0 Å². The first-order valence-electron chi connectivity index (χ1n) is 6.73. The summed E-state index contributed by atoms with van der Waals surface area (Å²) in [6, 6.07) is 7.58. The Morgan fingerprint density at radius 3 is 2.52 bits per heavy atom. The van der Waals surface area contributed by atoms with Crippen LogP contribution in [0.15, 0.2) is 28.7 Å². The Morgan fingerprint density at radius 1 is 1.33 bits per heavy atom. The first-order chi connectivity index (χ1) is 9.88. The van der Waals surface area contributed by atoms with Gasteiger partial charge in [-0.2, -0.15) is 0 Å². The number of hydrogen-bond acceptors (Lipinski definition) is 4. The van der Waals surface area contributed by atoms with Gasteiger partial charge in [-0.15, -0.1) is 0 Å². The van der Waals surface area contributed by atoms with Crippen molar-refractivity contribution in [2.75, 3.05) is 19.3 Å². The first-order valence-corrected chi connectivity index (χ1v) is 9.37. The molecular formula is C14H18BrNO4S. The molecule has 1 saturated heterocycles. The molecule has 0 radical (unpaired) electrons. The van der Waals surface area contributed by atoms with Gasteiger partial charge >= 0.3 is 5.97 Å². The Balaban J connectivity index is 1.84. The van der Waals surface area contributed by atoms with Crippen LogP contribution in [0.2, 0.25) is 0 Å². The van der Waals surface area contributed by atoms with Crippen LogP contribution in [0.25, 0.3) is 0 Å². The molecule has 0 unspecified atom stereocenters. The van der Waals surface area contributed by atoms with Crippen LogP contribution >= 0.6 is 15.9 Å². The molecule has 1 heterocycles. The lowest BCUT2D eigenvalue weighted by Gasteiger charge is -2.28. The van der Waals surface area contributed by atoms with Crippen LogP contribution in [0.4, 0.5) is 0 Å². The smallest absolute Gasteiger partial charge is 0.309 e. The van der Waals surface area contributed by atoms with Gasteiger partial charge in [-0.1, -0.05) is 34.1 Å². The molecule has 5 nitrogen and oxygen atoms in total. The van der Waals surface area contributed by atoms with E-state index in [1.807, 2.05) is 24.3 Å². The highest BCUT2D eigenvalue weighted by Crippen LogP contribution is 2.22. The number of piperidine rings is 1. The van der Waals surface area contributed by atoms with Crippen LogP contribution in [-0.2, 0) is 26.2 Å². The van der Waals surface area contributed by atoms with Gasteiger partial charge in [0.1, 0.15) is 6.61 Å². The van der Waals surface area contributed by atoms with Crippen molar-refractivity contribution >= 4 is 31.9 Å². The van der Waals surface area contributed by atoms with Crippen LogP contribution in [0.5, 0.6) is 0 Å². The van der Waals surface area contributed by atoms with E-state index < -0.39 is 10.0 Å². The number of sulfonamides is 1. The number of nitrogens with zero attached hydrogens (tertiary/aromatic N) is 1. The van der Waals surface area contributed by atoms with Gasteiger partial charge in [-0.3, -0.25) is 4.79 Å². The molecule has 0 atom stereocenters. The number of ether oxygens (including phenoxy) is 1. The molecule has 1 aromatic rings. The van der Waals surface area contributed by atoms with Crippen molar-refractivity contribution < 1.29 is 17.9 Å². The molecule has 0 amide bonds. The van der Waals surface area contributed by atoms with Gasteiger partial charge in [0, 0.05) is 23.1 Å². The molecule has 1 aliphatic rings. The van der Waals surface area contributed by atoms with Gasteiger partial charge in [-0.25, -0.2) is 12.7 Å². The quantitative estimate of drug-likeness (QED) is 0.756. The van der Waals surface area contributed by atoms with Gasteiger partial charge in [0.25, 0.3) is 0 Å². The van der Waals surface area contributed by atoms with Crippen molar-refractivity contribution in [2.45, 2.75) is 19.4 Å². The third kappa shape index (κ3) is 4.52. The Labute approximate surface area is 133 Å². The minimum absolute atomic E-state index is 0.217. The number of carbonyl (C=O) groups is 1. The Bertz CT molecular complexity index is 609. The predicted molar refractivity (Wildman–Crippen MR) is 83.1 cm³/mol. The molecule has 0 saturated carbocycles. The molecule has 0 aromatic heterocycles. The lowest BCUT2D eigenvalue weighted by molar-refractivity contribution is -0.151. The zero-order valence-corrected chi connectivity index (χ0v) is 14.2. The number of halogens is 1. The van der Waals surface area contributed by atoms with E-state index in [0.717, 1.165) is 10.0 Å². The summed E-state index contributed by atoms with van der Waals surface area (Å²) in [5.74, 6) is -0.468. The summed E-state index contributed by atoms with van der Waals surface area (Å²) in [4.78, 5) is 12.0. The monoisotopic (exact) mass is 375 g/mol. The molecule has 7 heteroatoms. The lowest BCUT2D eigenvalue weighted by atomic mass is 9.98. The average molecular weight is 376 g/mol. The predicted octanol–water partition coefficient (Wildman–Crippen LogP) is 2.16. The minimum Gasteiger partial charge on any atom is -0.461 e. The number of esters is 1. The van der Waals surface area contributed by atoms with Gasteiger partial charge in [-0.05, 0) is 18.9 Å². The van der Waals surface area contributed by atoms with Crippen molar-refractivity contribution in [3.05, 3.63) is 34.3 Å². The van der Waals surface area contributed by atoms with E-state index in [9.17, 15) is 13.2 Å². The topological polar surface area (TPSA) is 63.7 Å². The molecule has 1 fully saturated rings. The first kappa shape index (κ1) is 16.5. The van der Waals surface area contributed by atoms with E-state index in [-0.39, 0.29) is 18.5 Å². The fourth-order valence-electron chi connectivity index (χ4n) is 2.31. The van der Waals surface area contributed by atoms with Crippen LogP contribution < -0.4 is 0 Å². The van der Waals surface area contributed by atoms with Crippen LogP contribution in [0, 0.1) is 5.92 Å². The van der Waals surface area contributed by atoms with Gasteiger partial charge in [0.2, 0.25) is 10.0 Å². The van der Waals surface area contributed by atoms with E-state index in [4.69, 9.17) is 4.74 Å². The van der Waals surface area contributed by atoms with Crippen LogP contribution in [0.3, 0.4) is 0 Å². The highest BCUT2D eigenvalue weighted by atomic mass is 79.9. The fourth-order valence-corrected chi connectivity index (χ4v) is 3.58. The number of carbonyl (C=O) groups excluding carboxylic acids is 1. The maximum absolute atomic E-state index is 12.0. The second-order valence-corrected chi connectivity index (χ2v) is 7.97. The summed E-state index contributed by atoms with van der Waals surface area (Å²) in [7, 11) is -3.16. The van der Waals surface area contributed by atoms with E-state index in [1.165, 1.54) is 10.6 Å². The summed E-state index contributed by atoms with van der Waals surface area (Å²) in [5.41, 5.74) is 0.916. The Morgan fingerprint density at radius 2 is 1.95 bits per heavy atom. The summed E-state index contributed by atoms with van der Waals surface area (Å²) >= 11 is 3.41. The molecule has 21 heavy (non-hydrogen) atoms. The summed E-state index contributed by atoms with van der Waals surface area (Å²) in [5, 5.41) is 0. The molecule has 0 aliphatic carbocycles. The highest BCUT2D eigenvalue weighted by Gasteiger charge is 2.29. The minimum atomic E-state index is -3.16. The molecule has 0 bridgehead atoms. The molecule has 2 rings (SSSR count). The summed E-state index contributed by atoms with van der Waals surface area (Å²) in [6.45, 7) is 0.994. The van der Waals surface area contributed by atoms with Gasteiger partial charge in [0.15, 0.2) is 0 Å². The van der Waals surface area contributed by atoms with E-state index in [2.05, 4.69) is 15.9 Å². The molecular weight excluding hydrogens is 358 g/mol. The van der Waals surface area contributed by atoms with E-state index in [1.54, 1.807) is 0 Å². The van der Waals surface area contributed by atoms with Crippen LogP contribution in [0.1, 0.15) is 18.4 Å². The van der Waals surface area contributed by atoms with E-state index in [0.29, 0.717) is 25.9 Å². The van der Waals surface area contributed by atoms with Crippen molar-refractivity contribution in [2.24, 2.45) is 5.92 Å². The van der Waals surface area contributed by atoms with E-state index >= 15 is 0 Å². The lowest BCUT2D eigenvalue weighted by Crippen LogP contribution is -2.40. The fraction of sp³-hybridized carbons (Fsp3) is 0.500. The normalized spacial score (nSPS) is 17.6. The zero-order valence-electron chi connectivity index (χ0n) is 11.8. The molecule has 0 spiro atoms. The van der Waals surface area contributed by atoms with Crippen molar-refractivity contribution in [3.63, 3.8) is 0 Å². The summed E-state index contributed by atoms with van der Waals surface area (Å²) < 4.78 is 30.5. The highest BCUT2D eigenvalue weighted by molar-refractivity contribution is 9.10. The largest absolute Gasteiger partial charge is 0.461 e. The number of benzene rings is 1. The van der Waals surface area contributed by atoms with Gasteiger partial charge in [0.05, 0.1) is 12.2 Å². The van der Waals surface area contributed by atoms with Crippen molar-refractivity contribution in [1.29, 1.82) is 0 Å². The van der Waals surface area contributed by atoms with Gasteiger partial charge < -0.3 is 4.74 Å². The third-order valence-corrected chi connectivity index (χ3v) is 5.66. The number of hydrogen-bond donors (Lipinski definition) is 0. The SMILES string of the molecule is CS(=O)(=O)N1CCC(C(=O)OCc2ccccc2Br)CC1. The van der Waals surface area contributed by atoms with Crippen LogP contribution in [-0.4, -0.2) is 38.0 Å². The molecule has 0 N–H and O–H groups in total. The molecule has 116 valence electrons.